The van der Waals surface area contributed by atoms with Crippen LogP contribution in [-0.4, -0.2) is 9.55 Å². The van der Waals surface area contributed by atoms with Crippen molar-refractivity contribution < 1.29 is 0 Å². The van der Waals surface area contributed by atoms with Crippen molar-refractivity contribution in [3.05, 3.63) is 188 Å². The van der Waals surface area contributed by atoms with Gasteiger partial charge in [0.2, 0.25) is 0 Å². The predicted octanol–water partition coefficient (Wildman–Crippen LogP) is 13.4. The highest BCUT2D eigenvalue weighted by Crippen LogP contribution is 2.43. The van der Waals surface area contributed by atoms with Crippen LogP contribution in [0.1, 0.15) is 0 Å². The Morgan fingerprint density at radius 1 is 0.431 bits per heavy atom. The van der Waals surface area contributed by atoms with E-state index in [9.17, 15) is 0 Å². The molecule has 0 bridgehead atoms. The molecule has 0 radical (unpaired) electrons. The molecule has 8 aromatic carbocycles. The summed E-state index contributed by atoms with van der Waals surface area (Å²) in [6.45, 7) is 0. The van der Waals surface area contributed by atoms with Crippen molar-refractivity contribution in [1.29, 1.82) is 0 Å². The molecular formula is C47H31N3S. The van der Waals surface area contributed by atoms with Gasteiger partial charge in [-0.15, -0.1) is 11.3 Å². The fourth-order valence-electron chi connectivity index (χ4n) is 7.37. The summed E-state index contributed by atoms with van der Waals surface area (Å²) in [6, 6.07) is 67.4. The lowest BCUT2D eigenvalue weighted by Gasteiger charge is -2.26. The van der Waals surface area contributed by atoms with Crippen LogP contribution in [0, 0.1) is 0 Å². The smallest absolute Gasteiger partial charge is 0.124 e. The fourth-order valence-corrected chi connectivity index (χ4v) is 8.47. The average Bonchev–Trinajstić information content (AvgIpc) is 3.79. The lowest BCUT2D eigenvalue weighted by atomic mass is 10.0. The van der Waals surface area contributed by atoms with Gasteiger partial charge in [-0.25, -0.2) is 4.98 Å². The molecule has 4 heteroatoms. The van der Waals surface area contributed by atoms with Gasteiger partial charge in [-0.2, -0.15) is 0 Å². The minimum absolute atomic E-state index is 1.03. The molecule has 0 amide bonds. The molecule has 0 spiro atoms. The largest absolute Gasteiger partial charge is 0.310 e. The number of thiazole rings is 1. The molecule has 3 nitrogen and oxygen atoms in total. The zero-order valence-corrected chi connectivity index (χ0v) is 28.5. The normalized spacial score (nSPS) is 11.5. The zero-order chi connectivity index (χ0) is 33.7. The Morgan fingerprint density at radius 2 is 1.00 bits per heavy atom. The second-order valence-electron chi connectivity index (χ2n) is 12.8. The van der Waals surface area contributed by atoms with E-state index in [0.717, 1.165) is 38.8 Å². The highest BCUT2D eigenvalue weighted by atomic mass is 32.1. The summed E-state index contributed by atoms with van der Waals surface area (Å²) in [6.07, 6.45) is 0. The maximum atomic E-state index is 5.06. The van der Waals surface area contributed by atoms with Crippen LogP contribution in [0.4, 0.5) is 17.1 Å². The van der Waals surface area contributed by atoms with Crippen LogP contribution in [0.3, 0.4) is 0 Å². The minimum atomic E-state index is 1.03. The summed E-state index contributed by atoms with van der Waals surface area (Å²) in [4.78, 5) is 7.44. The summed E-state index contributed by atoms with van der Waals surface area (Å²) in [5.41, 5.74) is 11.4. The molecule has 0 fully saturated rings. The number of anilines is 3. The van der Waals surface area contributed by atoms with Crippen molar-refractivity contribution in [2.45, 2.75) is 0 Å². The molecule has 2 aromatic heterocycles. The number of rotatable bonds is 6. The van der Waals surface area contributed by atoms with Gasteiger partial charge >= 0.3 is 0 Å². The monoisotopic (exact) mass is 669 g/mol. The van der Waals surface area contributed by atoms with Crippen LogP contribution in [0.5, 0.6) is 0 Å². The predicted molar refractivity (Wildman–Crippen MR) is 217 cm³/mol. The third-order valence-corrected chi connectivity index (χ3v) is 10.9. The Labute approximate surface area is 299 Å². The van der Waals surface area contributed by atoms with Crippen LogP contribution in [0.25, 0.3) is 70.2 Å². The van der Waals surface area contributed by atoms with Gasteiger partial charge in [0, 0.05) is 44.5 Å². The molecule has 10 rings (SSSR count). The standard InChI is InChI=1S/C47H31N3S/c1-4-12-32(13-5-1)33-20-24-37(25-21-33)49(38-26-22-34-23-28-43-46(41(34)30-38)51-47(48-43)35-14-6-2-7-15-35)39-27-29-45-42(31-39)40-18-10-11-19-44(40)50(45)36-16-8-3-9-17-36/h1-31H. The van der Waals surface area contributed by atoms with E-state index in [0.29, 0.717) is 0 Å². The lowest BCUT2D eigenvalue weighted by molar-refractivity contribution is 1.18. The molecule has 0 unspecified atom stereocenters. The first kappa shape index (κ1) is 29.4. The van der Waals surface area contributed by atoms with Crippen molar-refractivity contribution in [1.82, 2.24) is 9.55 Å². The van der Waals surface area contributed by atoms with E-state index in [-0.39, 0.29) is 0 Å². The van der Waals surface area contributed by atoms with Gasteiger partial charge in [0.25, 0.3) is 0 Å². The topological polar surface area (TPSA) is 21.1 Å². The van der Waals surface area contributed by atoms with Crippen LogP contribution >= 0.6 is 11.3 Å². The molecule has 0 saturated heterocycles. The molecule has 240 valence electrons. The zero-order valence-electron chi connectivity index (χ0n) is 27.6. The molecular weight excluding hydrogens is 639 g/mol. The van der Waals surface area contributed by atoms with E-state index in [4.69, 9.17) is 4.98 Å². The number of para-hydroxylation sites is 2. The highest BCUT2D eigenvalue weighted by molar-refractivity contribution is 7.22. The second kappa shape index (κ2) is 12.1. The highest BCUT2D eigenvalue weighted by Gasteiger charge is 2.19. The van der Waals surface area contributed by atoms with E-state index in [1.54, 1.807) is 11.3 Å². The first-order valence-electron chi connectivity index (χ1n) is 17.2. The third-order valence-electron chi connectivity index (χ3n) is 9.80. The summed E-state index contributed by atoms with van der Waals surface area (Å²) in [5.74, 6) is 0. The van der Waals surface area contributed by atoms with Gasteiger partial charge in [-0.1, -0.05) is 121 Å². The first-order chi connectivity index (χ1) is 25.3. The van der Waals surface area contributed by atoms with Crippen LogP contribution < -0.4 is 4.90 Å². The van der Waals surface area contributed by atoms with Crippen molar-refractivity contribution in [3.63, 3.8) is 0 Å². The van der Waals surface area contributed by atoms with Gasteiger partial charge in [0.05, 0.1) is 21.3 Å². The van der Waals surface area contributed by atoms with Crippen LogP contribution in [0.2, 0.25) is 0 Å². The Bertz CT molecular complexity index is 2840. The Morgan fingerprint density at radius 3 is 1.76 bits per heavy atom. The van der Waals surface area contributed by atoms with Gasteiger partial charge in [0.1, 0.15) is 5.01 Å². The number of nitrogens with zero attached hydrogens (tertiary/aromatic N) is 3. The molecule has 0 aliphatic rings. The Kier molecular flexibility index (Phi) is 7.00. The molecule has 2 heterocycles. The van der Waals surface area contributed by atoms with E-state index < -0.39 is 0 Å². The van der Waals surface area contributed by atoms with E-state index in [1.165, 1.54) is 48.4 Å². The Hall–Kier alpha value is -6.49. The van der Waals surface area contributed by atoms with E-state index in [1.807, 2.05) is 0 Å². The van der Waals surface area contributed by atoms with Gasteiger partial charge < -0.3 is 9.47 Å². The summed E-state index contributed by atoms with van der Waals surface area (Å²) in [5, 5.41) is 5.90. The molecule has 51 heavy (non-hydrogen) atoms. The van der Waals surface area contributed by atoms with Crippen molar-refractivity contribution >= 4 is 71.2 Å². The quantitative estimate of drug-likeness (QED) is 0.176. The molecule has 0 atom stereocenters. The van der Waals surface area contributed by atoms with Gasteiger partial charge in [-0.3, -0.25) is 0 Å². The maximum Gasteiger partial charge on any atom is 0.124 e. The molecule has 0 N–H and O–H groups in total. The van der Waals surface area contributed by atoms with Gasteiger partial charge in [-0.05, 0) is 83.2 Å². The van der Waals surface area contributed by atoms with Crippen LogP contribution in [0.15, 0.2) is 188 Å². The Balaban J connectivity index is 1.18. The number of hydrogen-bond donors (Lipinski definition) is 0. The third kappa shape index (κ3) is 5.08. The molecule has 0 aliphatic heterocycles. The molecule has 0 aliphatic carbocycles. The lowest BCUT2D eigenvalue weighted by Crippen LogP contribution is -2.10. The average molecular weight is 670 g/mol. The molecule has 10 aromatic rings. The number of hydrogen-bond acceptors (Lipinski definition) is 3. The van der Waals surface area contributed by atoms with Crippen LogP contribution in [-0.2, 0) is 0 Å². The van der Waals surface area contributed by atoms with Crippen molar-refractivity contribution in [2.75, 3.05) is 4.90 Å². The SMILES string of the molecule is c1ccc(-c2ccc(N(c3ccc4ccc5nc(-c6ccccc6)sc5c4c3)c3ccc4c(c3)c3ccccc3n4-c3ccccc3)cc2)cc1. The summed E-state index contributed by atoms with van der Waals surface area (Å²) < 4.78 is 3.57. The summed E-state index contributed by atoms with van der Waals surface area (Å²) in [7, 11) is 0. The second-order valence-corrected chi connectivity index (χ2v) is 13.8. The number of fused-ring (bicyclic) bond motifs is 6. The fraction of sp³-hybridized carbons (Fsp3) is 0. The van der Waals surface area contributed by atoms with Crippen molar-refractivity contribution in [2.24, 2.45) is 0 Å². The number of benzene rings is 8. The van der Waals surface area contributed by atoms with Crippen molar-refractivity contribution in [3.8, 4) is 27.4 Å². The maximum absolute atomic E-state index is 5.06. The molecule has 0 saturated carbocycles. The van der Waals surface area contributed by atoms with E-state index in [2.05, 4.69) is 198 Å². The minimum Gasteiger partial charge on any atom is -0.310 e. The first-order valence-corrected chi connectivity index (χ1v) is 18.0. The number of aromatic nitrogens is 2. The van der Waals surface area contributed by atoms with E-state index >= 15 is 0 Å². The summed E-state index contributed by atoms with van der Waals surface area (Å²) >= 11 is 1.76. The van der Waals surface area contributed by atoms with Gasteiger partial charge in [0.15, 0.2) is 0 Å².